The molecule has 1 aliphatic heterocycles. The summed E-state index contributed by atoms with van der Waals surface area (Å²) in [6.45, 7) is 1.87. The lowest BCUT2D eigenvalue weighted by atomic mass is 10.1. The monoisotopic (exact) mass is 433 g/mol. The molecule has 0 bridgehead atoms. The summed E-state index contributed by atoms with van der Waals surface area (Å²) >= 11 is 0. The number of benzene rings is 1. The first-order valence-corrected chi connectivity index (χ1v) is 10.5. The van der Waals surface area contributed by atoms with Gasteiger partial charge in [0, 0.05) is 37.5 Å². The Bertz CT molecular complexity index is 1180. The Morgan fingerprint density at radius 3 is 2.88 bits per heavy atom. The summed E-state index contributed by atoms with van der Waals surface area (Å²) in [4.78, 5) is 23.2. The van der Waals surface area contributed by atoms with E-state index < -0.39 is 0 Å². The normalized spacial score (nSPS) is 15.9. The maximum absolute atomic E-state index is 12.9. The number of nitrogens with zero attached hydrogens (tertiary/aromatic N) is 5. The SMILES string of the molecule is COc1ccc(-c2nc(CC3CCN(C(=O)c4ccc(Cn5ccnc5)o4)C3)no2)cc1. The summed E-state index contributed by atoms with van der Waals surface area (Å²) in [5.74, 6) is 3.18. The van der Waals surface area contributed by atoms with Crippen LogP contribution in [0.25, 0.3) is 11.5 Å². The van der Waals surface area contributed by atoms with Crippen LogP contribution < -0.4 is 4.74 Å². The molecule has 164 valence electrons. The zero-order valence-electron chi connectivity index (χ0n) is 17.7. The number of aromatic nitrogens is 4. The van der Waals surface area contributed by atoms with Crippen molar-refractivity contribution in [1.29, 1.82) is 0 Å². The Labute approximate surface area is 184 Å². The number of imidazole rings is 1. The molecule has 0 spiro atoms. The van der Waals surface area contributed by atoms with E-state index in [0.717, 1.165) is 23.5 Å². The van der Waals surface area contributed by atoms with Crippen molar-refractivity contribution < 1.29 is 18.5 Å². The van der Waals surface area contributed by atoms with Crippen LogP contribution in [0, 0.1) is 5.92 Å². The van der Waals surface area contributed by atoms with Crippen molar-refractivity contribution in [3.8, 4) is 17.2 Å². The van der Waals surface area contributed by atoms with E-state index in [1.54, 1.807) is 25.7 Å². The van der Waals surface area contributed by atoms with Crippen molar-refractivity contribution >= 4 is 5.91 Å². The second-order valence-corrected chi connectivity index (χ2v) is 7.86. The van der Waals surface area contributed by atoms with Crippen molar-refractivity contribution in [3.63, 3.8) is 0 Å². The molecule has 9 nitrogen and oxygen atoms in total. The van der Waals surface area contributed by atoms with Crippen LogP contribution in [0.4, 0.5) is 0 Å². The van der Waals surface area contributed by atoms with Crippen LogP contribution in [-0.4, -0.2) is 50.7 Å². The molecule has 0 N–H and O–H groups in total. The number of hydrogen-bond donors (Lipinski definition) is 0. The molecule has 0 saturated carbocycles. The number of ether oxygens (including phenoxy) is 1. The van der Waals surface area contributed by atoms with Gasteiger partial charge in [-0.25, -0.2) is 4.98 Å². The molecular formula is C23H23N5O4. The minimum atomic E-state index is -0.0867. The van der Waals surface area contributed by atoms with Crippen LogP contribution in [0.5, 0.6) is 5.75 Å². The van der Waals surface area contributed by atoms with Gasteiger partial charge in [0.05, 0.1) is 20.0 Å². The topological polar surface area (TPSA) is 99.4 Å². The third kappa shape index (κ3) is 4.27. The van der Waals surface area contributed by atoms with Gasteiger partial charge < -0.3 is 23.1 Å². The standard InChI is InChI=1S/C23H23N5O4/c1-30-18-4-2-17(3-5-18)22-25-21(26-32-22)12-16-8-10-28(13-16)23(29)20-7-6-19(31-20)14-27-11-9-24-15-27/h2-7,9,11,15-16H,8,10,12-14H2,1H3. The molecule has 1 atom stereocenters. The first-order valence-electron chi connectivity index (χ1n) is 10.5. The molecule has 0 radical (unpaired) electrons. The lowest BCUT2D eigenvalue weighted by Crippen LogP contribution is -2.28. The van der Waals surface area contributed by atoms with Gasteiger partial charge in [0.1, 0.15) is 11.5 Å². The van der Waals surface area contributed by atoms with E-state index >= 15 is 0 Å². The van der Waals surface area contributed by atoms with Crippen molar-refractivity contribution in [3.05, 3.63) is 72.5 Å². The summed E-state index contributed by atoms with van der Waals surface area (Å²) in [7, 11) is 1.63. The summed E-state index contributed by atoms with van der Waals surface area (Å²) in [6, 6.07) is 11.1. The molecule has 5 rings (SSSR count). The zero-order chi connectivity index (χ0) is 21.9. The van der Waals surface area contributed by atoms with Gasteiger partial charge in [0.15, 0.2) is 11.6 Å². The van der Waals surface area contributed by atoms with E-state index in [2.05, 4.69) is 15.1 Å². The van der Waals surface area contributed by atoms with Gasteiger partial charge in [-0.3, -0.25) is 4.79 Å². The highest BCUT2D eigenvalue weighted by Gasteiger charge is 2.29. The molecule has 4 heterocycles. The number of rotatable bonds is 7. The van der Waals surface area contributed by atoms with Gasteiger partial charge in [-0.15, -0.1) is 0 Å². The second-order valence-electron chi connectivity index (χ2n) is 7.86. The van der Waals surface area contributed by atoms with Gasteiger partial charge in [0.2, 0.25) is 0 Å². The minimum Gasteiger partial charge on any atom is -0.497 e. The predicted octanol–water partition coefficient (Wildman–Crippen LogP) is 3.29. The fourth-order valence-electron chi connectivity index (χ4n) is 3.92. The smallest absolute Gasteiger partial charge is 0.289 e. The molecule has 1 saturated heterocycles. The van der Waals surface area contributed by atoms with Crippen molar-refractivity contribution in [2.45, 2.75) is 19.4 Å². The van der Waals surface area contributed by atoms with Gasteiger partial charge in [-0.1, -0.05) is 5.16 Å². The summed E-state index contributed by atoms with van der Waals surface area (Å²) in [5.41, 5.74) is 0.845. The molecular weight excluding hydrogens is 410 g/mol. The summed E-state index contributed by atoms with van der Waals surface area (Å²) in [6.07, 6.45) is 6.83. The van der Waals surface area contributed by atoms with E-state index in [1.165, 1.54) is 0 Å². The van der Waals surface area contributed by atoms with Crippen molar-refractivity contribution in [2.24, 2.45) is 5.92 Å². The fraction of sp³-hybridized carbons (Fsp3) is 0.304. The van der Waals surface area contributed by atoms with E-state index in [0.29, 0.717) is 43.5 Å². The lowest BCUT2D eigenvalue weighted by molar-refractivity contribution is 0.0753. The Morgan fingerprint density at radius 2 is 2.09 bits per heavy atom. The number of likely N-dealkylation sites (tertiary alicyclic amines) is 1. The van der Waals surface area contributed by atoms with E-state index in [-0.39, 0.29) is 11.8 Å². The molecule has 4 aromatic rings. The van der Waals surface area contributed by atoms with Crippen molar-refractivity contribution in [1.82, 2.24) is 24.6 Å². The first kappa shape index (κ1) is 20.0. The van der Waals surface area contributed by atoms with E-state index in [1.807, 2.05) is 46.0 Å². The minimum absolute atomic E-state index is 0.0867. The molecule has 3 aromatic heterocycles. The summed E-state index contributed by atoms with van der Waals surface area (Å²) in [5, 5.41) is 4.12. The number of methoxy groups -OCH3 is 1. The maximum atomic E-state index is 12.9. The highest BCUT2D eigenvalue weighted by Crippen LogP contribution is 2.25. The van der Waals surface area contributed by atoms with Crippen LogP contribution in [0.1, 0.15) is 28.6 Å². The number of carbonyl (C=O) groups is 1. The van der Waals surface area contributed by atoms with E-state index in [4.69, 9.17) is 13.7 Å². The van der Waals surface area contributed by atoms with Crippen molar-refractivity contribution in [2.75, 3.05) is 20.2 Å². The molecule has 1 fully saturated rings. The number of carbonyl (C=O) groups excluding carboxylic acids is 1. The van der Waals surface area contributed by atoms with Gasteiger partial charge in [0.25, 0.3) is 11.8 Å². The van der Waals surface area contributed by atoms with Crippen LogP contribution in [-0.2, 0) is 13.0 Å². The molecule has 1 aliphatic rings. The third-order valence-corrected chi connectivity index (χ3v) is 5.62. The largest absolute Gasteiger partial charge is 0.497 e. The molecule has 1 aromatic carbocycles. The van der Waals surface area contributed by atoms with Gasteiger partial charge >= 0.3 is 0 Å². The Kier molecular flexibility index (Phi) is 5.45. The first-order chi connectivity index (χ1) is 15.7. The predicted molar refractivity (Wildman–Crippen MR) is 114 cm³/mol. The number of furan rings is 1. The summed E-state index contributed by atoms with van der Waals surface area (Å²) < 4.78 is 18.3. The quantitative estimate of drug-likeness (QED) is 0.441. The van der Waals surface area contributed by atoms with Crippen LogP contribution in [0.15, 0.2) is 64.1 Å². The van der Waals surface area contributed by atoms with E-state index in [9.17, 15) is 4.79 Å². The molecule has 0 aliphatic carbocycles. The van der Waals surface area contributed by atoms with Crippen LogP contribution in [0.3, 0.4) is 0 Å². The molecule has 32 heavy (non-hydrogen) atoms. The van der Waals surface area contributed by atoms with Crippen LogP contribution >= 0.6 is 0 Å². The highest BCUT2D eigenvalue weighted by atomic mass is 16.5. The van der Waals surface area contributed by atoms with Crippen LogP contribution in [0.2, 0.25) is 0 Å². The average molecular weight is 433 g/mol. The van der Waals surface area contributed by atoms with Gasteiger partial charge in [-0.05, 0) is 48.7 Å². The molecule has 9 heteroatoms. The Hall–Kier alpha value is -3.88. The molecule has 1 amide bonds. The Balaban J connectivity index is 1.17. The number of amides is 1. The third-order valence-electron chi connectivity index (χ3n) is 5.62. The zero-order valence-corrected chi connectivity index (χ0v) is 17.7. The lowest BCUT2D eigenvalue weighted by Gasteiger charge is -2.14. The molecule has 1 unspecified atom stereocenters. The number of hydrogen-bond acceptors (Lipinski definition) is 7. The maximum Gasteiger partial charge on any atom is 0.289 e. The Morgan fingerprint density at radius 1 is 1.22 bits per heavy atom. The average Bonchev–Trinajstić information content (AvgIpc) is 3.62. The highest BCUT2D eigenvalue weighted by molar-refractivity contribution is 5.91. The fourth-order valence-corrected chi connectivity index (χ4v) is 3.92. The second kappa shape index (κ2) is 8.70. The van der Waals surface area contributed by atoms with Gasteiger partial charge in [-0.2, -0.15) is 4.98 Å².